The smallest absolute Gasteiger partial charge is 0.435 e. The van der Waals surface area contributed by atoms with Gasteiger partial charge in [0, 0.05) is 36.6 Å². The second kappa shape index (κ2) is 17.4. The van der Waals surface area contributed by atoms with E-state index in [0.717, 1.165) is 22.6 Å². The van der Waals surface area contributed by atoms with Gasteiger partial charge in [0.25, 0.3) is 5.91 Å². The molecule has 0 radical (unpaired) electrons. The van der Waals surface area contributed by atoms with Crippen molar-refractivity contribution in [2.45, 2.75) is 47.0 Å². The number of rotatable bonds is 13. The van der Waals surface area contributed by atoms with Crippen molar-refractivity contribution < 1.29 is 28.2 Å². The zero-order valence-corrected chi connectivity index (χ0v) is 31.3. The number of benzene rings is 3. The van der Waals surface area contributed by atoms with Gasteiger partial charge in [-0.3, -0.25) is 24.5 Å². The molecule has 3 aromatic carbocycles. The van der Waals surface area contributed by atoms with E-state index in [0.29, 0.717) is 51.8 Å². The van der Waals surface area contributed by atoms with Crippen LogP contribution in [0, 0.1) is 26.6 Å². The largest absolute Gasteiger partial charge is 0.459 e. The van der Waals surface area contributed by atoms with Gasteiger partial charge in [0.15, 0.2) is 0 Å². The number of carbonyl (C=O) groups is 3. The van der Waals surface area contributed by atoms with Crippen molar-refractivity contribution in [3.05, 3.63) is 142 Å². The number of nitrogens with zero attached hydrogens (tertiary/aromatic N) is 7. The van der Waals surface area contributed by atoms with Crippen LogP contribution in [0.2, 0.25) is 0 Å². The van der Waals surface area contributed by atoms with Crippen LogP contribution < -0.4 is 16.0 Å². The van der Waals surface area contributed by atoms with Crippen LogP contribution in [0.25, 0.3) is 11.0 Å². The number of halogens is 1. The number of hydrogen-bond acceptors (Lipinski definition) is 10. The van der Waals surface area contributed by atoms with Gasteiger partial charge in [-0.25, -0.2) is 19.2 Å². The van der Waals surface area contributed by atoms with Crippen molar-refractivity contribution in [2.75, 3.05) is 16.8 Å². The van der Waals surface area contributed by atoms with E-state index >= 15 is 0 Å². The molecule has 3 aromatic heterocycles. The van der Waals surface area contributed by atoms with Crippen LogP contribution >= 0.6 is 0 Å². The van der Waals surface area contributed by atoms with Crippen molar-refractivity contribution in [1.82, 2.24) is 24.5 Å². The summed E-state index contributed by atoms with van der Waals surface area (Å²) in [4.78, 5) is 62.3. The summed E-state index contributed by atoms with van der Waals surface area (Å²) < 4.78 is 25.6. The Labute approximate surface area is 322 Å². The summed E-state index contributed by atoms with van der Waals surface area (Å²) in [6, 6.07) is 23.1. The van der Waals surface area contributed by atoms with E-state index in [4.69, 9.17) is 20.2 Å². The highest BCUT2D eigenvalue weighted by molar-refractivity contribution is 6.07. The summed E-state index contributed by atoms with van der Waals surface area (Å²) in [5.41, 5.74) is 12.6. The van der Waals surface area contributed by atoms with E-state index in [2.05, 4.69) is 25.3 Å². The molecular formula is C41H40FN9O5. The van der Waals surface area contributed by atoms with Gasteiger partial charge in [-0.1, -0.05) is 18.2 Å². The molecule has 3 N–H and O–H groups in total. The first-order chi connectivity index (χ1) is 26.9. The van der Waals surface area contributed by atoms with E-state index in [1.165, 1.54) is 29.2 Å². The van der Waals surface area contributed by atoms with Gasteiger partial charge >= 0.3 is 12.1 Å². The fourth-order valence-corrected chi connectivity index (χ4v) is 5.71. The topological polar surface area (TPSA) is 180 Å². The molecule has 0 saturated carbocycles. The number of pyridine rings is 1. The third kappa shape index (κ3) is 9.55. The minimum Gasteiger partial charge on any atom is -0.459 e. The number of aliphatic imine (C=N–C) groups is 1. The van der Waals surface area contributed by atoms with Crippen molar-refractivity contribution in [3.63, 3.8) is 0 Å². The first kappa shape index (κ1) is 38.7. The third-order valence-corrected chi connectivity index (χ3v) is 9.00. The lowest BCUT2D eigenvalue weighted by Crippen LogP contribution is -2.34. The SMILES string of the molecule is Cc1nc(C)c(COC(=O)CCN(C(=O)c2ccc3c(c2)nc(CNc2ccc(/C(N)=N/C(=O)OCc4ccc(F)cc4)cc2)n3C)c2ccccn2)nc1C. The molecule has 3 heterocycles. The molecule has 0 fully saturated rings. The maximum Gasteiger partial charge on any atom is 0.435 e. The van der Waals surface area contributed by atoms with E-state index < -0.39 is 12.1 Å². The van der Waals surface area contributed by atoms with E-state index in [-0.39, 0.29) is 43.7 Å². The zero-order valence-electron chi connectivity index (χ0n) is 31.3. The molecule has 6 rings (SSSR count). The minimum absolute atomic E-state index is 0.0125. The van der Waals surface area contributed by atoms with Gasteiger partial charge in [0.05, 0.1) is 46.8 Å². The summed E-state index contributed by atoms with van der Waals surface area (Å²) in [6.45, 7) is 5.87. The summed E-state index contributed by atoms with van der Waals surface area (Å²) in [7, 11) is 1.89. The Morgan fingerprint density at radius 3 is 2.32 bits per heavy atom. The molecule has 0 unspecified atom stereocenters. The van der Waals surface area contributed by atoms with Crippen LogP contribution in [0.1, 0.15) is 56.5 Å². The normalized spacial score (nSPS) is 11.3. The molecule has 14 nitrogen and oxygen atoms in total. The third-order valence-electron chi connectivity index (χ3n) is 9.00. The number of amides is 2. The maximum absolute atomic E-state index is 13.9. The fraction of sp³-hybridized carbons (Fsp3) is 0.220. The number of aryl methyl sites for hydroxylation is 4. The monoisotopic (exact) mass is 757 g/mol. The summed E-state index contributed by atoms with van der Waals surface area (Å²) in [5.74, 6) is -0.113. The second-order valence-electron chi connectivity index (χ2n) is 12.9. The van der Waals surface area contributed by atoms with Gasteiger partial charge < -0.3 is 25.1 Å². The number of imidazole rings is 1. The van der Waals surface area contributed by atoms with Crippen LogP contribution in [-0.4, -0.2) is 54.9 Å². The van der Waals surface area contributed by atoms with E-state index in [9.17, 15) is 18.8 Å². The Morgan fingerprint density at radius 1 is 0.857 bits per heavy atom. The number of aromatic nitrogens is 5. The van der Waals surface area contributed by atoms with E-state index in [1.54, 1.807) is 60.8 Å². The highest BCUT2D eigenvalue weighted by atomic mass is 19.1. The first-order valence-electron chi connectivity index (χ1n) is 17.7. The summed E-state index contributed by atoms with van der Waals surface area (Å²) >= 11 is 0. The highest BCUT2D eigenvalue weighted by Crippen LogP contribution is 2.22. The van der Waals surface area contributed by atoms with Gasteiger partial charge in [-0.2, -0.15) is 4.99 Å². The van der Waals surface area contributed by atoms with Gasteiger partial charge in [-0.15, -0.1) is 0 Å². The number of hydrogen-bond donors (Lipinski definition) is 2. The number of nitrogens with two attached hydrogens (primary N) is 1. The zero-order chi connectivity index (χ0) is 39.8. The Kier molecular flexibility index (Phi) is 12.0. The van der Waals surface area contributed by atoms with Crippen LogP contribution in [0.4, 0.5) is 20.7 Å². The first-order valence-corrected chi connectivity index (χ1v) is 17.7. The van der Waals surface area contributed by atoms with Gasteiger partial charge in [0.1, 0.15) is 36.5 Å². The lowest BCUT2D eigenvalue weighted by Gasteiger charge is -2.21. The number of nitrogens with one attached hydrogen (secondary N) is 1. The van der Waals surface area contributed by atoms with Crippen LogP contribution in [0.5, 0.6) is 0 Å². The quantitative estimate of drug-likeness (QED) is 0.0772. The Morgan fingerprint density at radius 2 is 1.59 bits per heavy atom. The standard InChI is InChI=1S/C41H40FN9O5/c1-25-26(2)47-34(27(3)46-25)24-55-38(52)18-20-51(36-7-5-6-19-44-36)40(53)30-12-17-35-33(21-30)48-37(50(35)4)22-45-32-15-10-29(11-16-32)39(43)49-41(54)56-23-28-8-13-31(42)14-9-28/h5-17,19,21,45H,18,20,22-24H2,1-4H3,(H2,43,49,54). The number of ether oxygens (including phenoxy) is 2. The van der Waals surface area contributed by atoms with E-state index in [1.807, 2.05) is 38.5 Å². The molecule has 0 aliphatic rings. The van der Waals surface area contributed by atoms with Crippen LogP contribution in [0.3, 0.4) is 0 Å². The summed E-state index contributed by atoms with van der Waals surface area (Å²) in [5, 5.41) is 3.33. The average Bonchev–Trinajstić information content (AvgIpc) is 3.52. The lowest BCUT2D eigenvalue weighted by atomic mass is 10.1. The number of anilines is 2. The number of fused-ring (bicyclic) bond motifs is 1. The van der Waals surface area contributed by atoms with Crippen molar-refractivity contribution in [1.29, 1.82) is 0 Å². The molecule has 0 aliphatic heterocycles. The number of amidine groups is 1. The molecule has 286 valence electrons. The van der Waals surface area contributed by atoms with Crippen molar-refractivity contribution in [2.24, 2.45) is 17.8 Å². The van der Waals surface area contributed by atoms with Gasteiger partial charge in [-0.05, 0) is 93.1 Å². The Balaban J connectivity index is 1.07. The molecule has 2 amide bonds. The average molecular weight is 758 g/mol. The van der Waals surface area contributed by atoms with Gasteiger partial charge in [0.2, 0.25) is 0 Å². The molecule has 6 aromatic rings. The van der Waals surface area contributed by atoms with Crippen molar-refractivity contribution in [3.8, 4) is 0 Å². The summed E-state index contributed by atoms with van der Waals surface area (Å²) in [6.07, 6.45) is 0.663. The highest BCUT2D eigenvalue weighted by Gasteiger charge is 2.22. The molecule has 15 heteroatoms. The molecule has 0 bridgehead atoms. The predicted octanol–water partition coefficient (Wildman–Crippen LogP) is 6.26. The van der Waals surface area contributed by atoms with Crippen molar-refractivity contribution >= 4 is 46.3 Å². The predicted molar refractivity (Wildman–Crippen MR) is 208 cm³/mol. The lowest BCUT2D eigenvalue weighted by molar-refractivity contribution is -0.144. The maximum atomic E-state index is 13.9. The molecule has 0 spiro atoms. The fourth-order valence-electron chi connectivity index (χ4n) is 5.71. The second-order valence-corrected chi connectivity index (χ2v) is 12.9. The van der Waals surface area contributed by atoms with Crippen LogP contribution in [-0.2, 0) is 41.1 Å². The molecule has 0 atom stereocenters. The minimum atomic E-state index is -0.861. The molecule has 56 heavy (non-hydrogen) atoms. The molecular weight excluding hydrogens is 718 g/mol. The number of esters is 1. The molecule has 0 aliphatic carbocycles. The Bertz CT molecular complexity index is 2400. The number of carbonyl (C=O) groups excluding carboxylic acids is 3. The Hall–Kier alpha value is -7.03. The van der Waals surface area contributed by atoms with Crippen LogP contribution in [0.15, 0.2) is 96.1 Å². The molecule has 0 saturated heterocycles.